The molecule has 4 heteroatoms. The molecule has 0 aliphatic heterocycles. The monoisotopic (exact) mass is 218 g/mol. The summed E-state index contributed by atoms with van der Waals surface area (Å²) in [7, 11) is 0. The highest BCUT2D eigenvalue weighted by Crippen LogP contribution is 2.40. The van der Waals surface area contributed by atoms with Crippen molar-refractivity contribution < 1.29 is 20.4 Å². The van der Waals surface area contributed by atoms with E-state index in [1.165, 1.54) is 6.42 Å². The molecule has 0 saturated heterocycles. The highest BCUT2D eigenvalue weighted by atomic mass is 16.3. The number of aliphatic hydroxyl groups is 4. The molecule has 0 aromatic carbocycles. The molecule has 1 saturated carbocycles. The van der Waals surface area contributed by atoms with Crippen molar-refractivity contribution in [3.63, 3.8) is 0 Å². The SMILES string of the molecule is OCC(O)C(CO)(CO)C1CCCCC1. The van der Waals surface area contributed by atoms with Gasteiger partial charge < -0.3 is 20.4 Å². The molecule has 0 amide bonds. The molecule has 1 aliphatic rings. The molecule has 1 unspecified atom stereocenters. The molecule has 0 aromatic heterocycles. The summed E-state index contributed by atoms with van der Waals surface area (Å²) in [6, 6.07) is 0. The normalized spacial score (nSPS) is 21.6. The second-order valence-corrected chi connectivity index (χ2v) is 4.58. The van der Waals surface area contributed by atoms with Crippen molar-refractivity contribution in [2.45, 2.75) is 38.2 Å². The second kappa shape index (κ2) is 5.80. The highest BCUT2D eigenvalue weighted by Gasteiger charge is 2.44. The summed E-state index contributed by atoms with van der Waals surface area (Å²) in [5.74, 6) is 0.114. The summed E-state index contributed by atoms with van der Waals surface area (Å²) < 4.78 is 0. The first-order valence-corrected chi connectivity index (χ1v) is 5.72. The molecule has 4 nitrogen and oxygen atoms in total. The Morgan fingerprint density at radius 1 is 1.00 bits per heavy atom. The van der Waals surface area contributed by atoms with E-state index in [0.29, 0.717) is 0 Å². The van der Waals surface area contributed by atoms with Crippen LogP contribution in [0.15, 0.2) is 0 Å². The summed E-state index contributed by atoms with van der Waals surface area (Å²) in [5, 5.41) is 37.5. The first-order valence-electron chi connectivity index (χ1n) is 5.72. The topological polar surface area (TPSA) is 80.9 Å². The number of hydrogen-bond acceptors (Lipinski definition) is 4. The van der Waals surface area contributed by atoms with E-state index in [1.807, 2.05) is 0 Å². The van der Waals surface area contributed by atoms with Gasteiger partial charge in [-0.15, -0.1) is 0 Å². The first-order chi connectivity index (χ1) is 7.21. The average Bonchev–Trinajstić information content (AvgIpc) is 2.32. The van der Waals surface area contributed by atoms with Gasteiger partial charge in [0, 0.05) is 5.41 Å². The molecular weight excluding hydrogens is 196 g/mol. The quantitative estimate of drug-likeness (QED) is 0.519. The fraction of sp³-hybridized carbons (Fsp3) is 1.00. The van der Waals surface area contributed by atoms with Crippen LogP contribution in [0.2, 0.25) is 0 Å². The Labute approximate surface area is 90.6 Å². The molecule has 0 aromatic rings. The number of aliphatic hydroxyl groups excluding tert-OH is 4. The lowest BCUT2D eigenvalue weighted by atomic mass is 9.66. The lowest BCUT2D eigenvalue weighted by Gasteiger charge is -2.42. The third kappa shape index (κ3) is 2.50. The van der Waals surface area contributed by atoms with Gasteiger partial charge in [-0.3, -0.25) is 0 Å². The van der Waals surface area contributed by atoms with Crippen LogP contribution in [-0.4, -0.2) is 46.4 Å². The van der Waals surface area contributed by atoms with E-state index in [4.69, 9.17) is 5.11 Å². The Kier molecular flexibility index (Phi) is 4.99. The van der Waals surface area contributed by atoms with Gasteiger partial charge in [-0.05, 0) is 18.8 Å². The zero-order chi connectivity index (χ0) is 11.3. The van der Waals surface area contributed by atoms with Crippen molar-refractivity contribution in [3.8, 4) is 0 Å². The maximum atomic E-state index is 9.75. The standard InChI is InChI=1S/C11H22O4/c12-6-10(15)11(7-13,8-14)9-4-2-1-3-5-9/h9-10,12-15H,1-8H2. The molecule has 1 rings (SSSR count). The van der Waals surface area contributed by atoms with Gasteiger partial charge in [0.1, 0.15) is 0 Å². The third-order valence-electron chi connectivity index (χ3n) is 3.84. The molecule has 0 bridgehead atoms. The number of rotatable bonds is 5. The minimum absolute atomic E-state index is 0.114. The van der Waals surface area contributed by atoms with Crippen molar-refractivity contribution in [1.82, 2.24) is 0 Å². The van der Waals surface area contributed by atoms with Gasteiger partial charge in [0.05, 0.1) is 25.9 Å². The lowest BCUT2D eigenvalue weighted by molar-refractivity contribution is -0.115. The number of hydrogen-bond donors (Lipinski definition) is 4. The summed E-state index contributed by atoms with van der Waals surface area (Å²) in [6.45, 7) is -0.941. The van der Waals surface area contributed by atoms with Crippen molar-refractivity contribution in [2.24, 2.45) is 11.3 Å². The van der Waals surface area contributed by atoms with Crippen LogP contribution < -0.4 is 0 Å². The average molecular weight is 218 g/mol. The molecule has 15 heavy (non-hydrogen) atoms. The molecule has 1 atom stereocenters. The van der Waals surface area contributed by atoms with Gasteiger partial charge in [0.15, 0.2) is 0 Å². The molecule has 0 radical (unpaired) electrons. The van der Waals surface area contributed by atoms with Gasteiger partial charge in [-0.1, -0.05) is 19.3 Å². The summed E-state index contributed by atoms with van der Waals surface area (Å²) in [5.41, 5.74) is -0.921. The molecule has 1 fully saturated rings. The summed E-state index contributed by atoms with van der Waals surface area (Å²) >= 11 is 0. The van der Waals surface area contributed by atoms with E-state index in [2.05, 4.69) is 0 Å². The maximum absolute atomic E-state index is 9.75. The summed E-state index contributed by atoms with van der Waals surface area (Å²) in [6.07, 6.45) is 4.13. The Morgan fingerprint density at radius 2 is 1.53 bits per heavy atom. The molecule has 0 heterocycles. The van der Waals surface area contributed by atoms with E-state index < -0.39 is 18.1 Å². The van der Waals surface area contributed by atoms with Gasteiger partial charge in [-0.2, -0.15) is 0 Å². The second-order valence-electron chi connectivity index (χ2n) is 4.58. The largest absolute Gasteiger partial charge is 0.396 e. The van der Waals surface area contributed by atoms with Gasteiger partial charge >= 0.3 is 0 Å². The van der Waals surface area contributed by atoms with E-state index in [0.717, 1.165) is 25.7 Å². The highest BCUT2D eigenvalue weighted by molar-refractivity contribution is 4.92. The van der Waals surface area contributed by atoms with Crippen LogP contribution in [0.5, 0.6) is 0 Å². The van der Waals surface area contributed by atoms with E-state index >= 15 is 0 Å². The lowest BCUT2D eigenvalue weighted by Crippen LogP contribution is -2.50. The van der Waals surface area contributed by atoms with Crippen LogP contribution in [-0.2, 0) is 0 Å². The fourth-order valence-corrected chi connectivity index (χ4v) is 2.65. The molecule has 4 N–H and O–H groups in total. The van der Waals surface area contributed by atoms with Gasteiger partial charge in [-0.25, -0.2) is 0 Å². The Balaban J connectivity index is 2.77. The molecule has 0 spiro atoms. The van der Waals surface area contributed by atoms with Gasteiger partial charge in [0.2, 0.25) is 0 Å². The predicted octanol–water partition coefficient (Wildman–Crippen LogP) is -0.109. The molecule has 1 aliphatic carbocycles. The minimum atomic E-state index is -1.03. The predicted molar refractivity (Wildman–Crippen MR) is 56.3 cm³/mol. The summed E-state index contributed by atoms with van der Waals surface area (Å²) in [4.78, 5) is 0. The van der Waals surface area contributed by atoms with Crippen molar-refractivity contribution >= 4 is 0 Å². The zero-order valence-electron chi connectivity index (χ0n) is 9.10. The molecule has 90 valence electrons. The van der Waals surface area contributed by atoms with Crippen LogP contribution in [0, 0.1) is 11.3 Å². The third-order valence-corrected chi connectivity index (χ3v) is 3.84. The smallest absolute Gasteiger partial charge is 0.0873 e. The Morgan fingerprint density at radius 3 is 1.93 bits per heavy atom. The molecular formula is C11H22O4. The maximum Gasteiger partial charge on any atom is 0.0873 e. The van der Waals surface area contributed by atoms with Crippen molar-refractivity contribution in [1.29, 1.82) is 0 Å². The zero-order valence-corrected chi connectivity index (χ0v) is 9.10. The first kappa shape index (κ1) is 12.9. The van der Waals surface area contributed by atoms with E-state index in [9.17, 15) is 15.3 Å². The van der Waals surface area contributed by atoms with Crippen LogP contribution in [0.1, 0.15) is 32.1 Å². The minimum Gasteiger partial charge on any atom is -0.396 e. The van der Waals surface area contributed by atoms with Crippen LogP contribution in [0.25, 0.3) is 0 Å². The Hall–Kier alpha value is -0.160. The van der Waals surface area contributed by atoms with Crippen LogP contribution in [0.4, 0.5) is 0 Å². The van der Waals surface area contributed by atoms with Crippen LogP contribution in [0.3, 0.4) is 0 Å². The fourth-order valence-electron chi connectivity index (χ4n) is 2.65. The van der Waals surface area contributed by atoms with Crippen molar-refractivity contribution in [3.05, 3.63) is 0 Å². The van der Waals surface area contributed by atoms with E-state index in [-0.39, 0.29) is 19.1 Å². The van der Waals surface area contributed by atoms with Crippen LogP contribution >= 0.6 is 0 Å². The van der Waals surface area contributed by atoms with Crippen molar-refractivity contribution in [2.75, 3.05) is 19.8 Å². The van der Waals surface area contributed by atoms with Gasteiger partial charge in [0.25, 0.3) is 0 Å². The Bertz CT molecular complexity index is 173. The van der Waals surface area contributed by atoms with E-state index in [1.54, 1.807) is 0 Å².